The molecule has 10 nitrogen and oxygen atoms in total. The maximum absolute atomic E-state index is 13.4. The number of carbonyl (C=O) groups is 2. The molecule has 0 aliphatic carbocycles. The fraction of sp³-hybridized carbons (Fsp3) is 0.452. The second-order valence-electron chi connectivity index (χ2n) is 11.3. The predicted molar refractivity (Wildman–Crippen MR) is 163 cm³/mol. The summed E-state index contributed by atoms with van der Waals surface area (Å²) in [6.07, 6.45) is 1.98. The van der Waals surface area contributed by atoms with E-state index in [4.69, 9.17) is 26.1 Å². The Morgan fingerprint density at radius 2 is 1.71 bits per heavy atom. The maximum Gasteiger partial charge on any atom is 0.407 e. The van der Waals surface area contributed by atoms with Crippen molar-refractivity contribution in [1.82, 2.24) is 25.4 Å². The van der Waals surface area contributed by atoms with Crippen LogP contribution in [0.15, 0.2) is 47.5 Å². The molecule has 1 aliphatic rings. The molecule has 3 aromatic rings. The van der Waals surface area contributed by atoms with Crippen molar-refractivity contribution in [2.45, 2.75) is 65.5 Å². The molecule has 0 bridgehead atoms. The third-order valence-electron chi connectivity index (χ3n) is 6.91. The number of rotatable bonds is 10. The summed E-state index contributed by atoms with van der Waals surface area (Å²) in [6.45, 7) is 10.3. The van der Waals surface area contributed by atoms with Gasteiger partial charge >= 0.3 is 6.09 Å². The lowest BCUT2D eigenvalue weighted by Crippen LogP contribution is -2.34. The molecular formula is C31H39ClN6O4. The summed E-state index contributed by atoms with van der Waals surface area (Å²) >= 11 is 6.19. The fourth-order valence-electron chi connectivity index (χ4n) is 4.78. The summed E-state index contributed by atoms with van der Waals surface area (Å²) in [5, 5.41) is 15.3. The molecule has 1 aromatic heterocycles. The zero-order valence-corrected chi connectivity index (χ0v) is 25.8. The number of hydrogen-bond acceptors (Lipinski definition) is 7. The number of methoxy groups -OCH3 is 1. The second kappa shape index (κ2) is 13.4. The molecule has 0 saturated carbocycles. The molecule has 2 heterocycles. The van der Waals surface area contributed by atoms with Gasteiger partial charge in [-0.05, 0) is 77.3 Å². The second-order valence-corrected chi connectivity index (χ2v) is 11.8. The van der Waals surface area contributed by atoms with Crippen molar-refractivity contribution in [2.75, 3.05) is 20.2 Å². The molecule has 0 fully saturated rings. The molecular weight excluding hydrogens is 556 g/mol. The number of ether oxygens (including phenoxy) is 2. The number of benzene rings is 2. The summed E-state index contributed by atoms with van der Waals surface area (Å²) < 4.78 is 12.8. The van der Waals surface area contributed by atoms with Gasteiger partial charge in [0.25, 0.3) is 0 Å². The highest BCUT2D eigenvalue weighted by molar-refractivity contribution is 6.30. The van der Waals surface area contributed by atoms with E-state index in [2.05, 4.69) is 20.8 Å². The molecule has 4 rings (SSSR count). The van der Waals surface area contributed by atoms with Gasteiger partial charge in [0.15, 0.2) is 5.82 Å². The third-order valence-corrected chi connectivity index (χ3v) is 7.16. The molecule has 2 amide bonds. The number of alkyl carbamates (subject to hydrolysis) is 1. The number of aromatic nitrogens is 3. The van der Waals surface area contributed by atoms with Crippen LogP contribution in [0.3, 0.4) is 0 Å². The largest absolute Gasteiger partial charge is 0.497 e. The number of nitrogens with one attached hydrogen (secondary N) is 2. The van der Waals surface area contributed by atoms with Gasteiger partial charge in [0.05, 0.1) is 24.4 Å². The lowest BCUT2D eigenvalue weighted by atomic mass is 9.98. The van der Waals surface area contributed by atoms with Crippen LogP contribution in [0.4, 0.5) is 4.79 Å². The molecule has 11 heteroatoms. The highest BCUT2D eigenvalue weighted by Crippen LogP contribution is 2.36. The minimum atomic E-state index is -0.590. The Bertz CT molecular complexity index is 1440. The molecule has 0 spiro atoms. The van der Waals surface area contributed by atoms with Crippen molar-refractivity contribution in [3.8, 4) is 11.4 Å². The molecule has 1 aliphatic heterocycles. The van der Waals surface area contributed by atoms with E-state index in [9.17, 15) is 9.59 Å². The number of unbranched alkanes of at least 4 members (excludes halogenated alkanes) is 2. The summed E-state index contributed by atoms with van der Waals surface area (Å²) in [7, 11) is 1.62. The SMILES string of the molecule is COc1ccc2c(c1)C(c1ccc(Cl)cc1)=N[C@@H]([C@@H](C)C(=O)NCCCCCNC(=O)OC(C)(C)C)c1nnc(C)n1-2. The molecule has 2 aromatic carbocycles. The minimum absolute atomic E-state index is 0.123. The molecule has 0 saturated heterocycles. The lowest BCUT2D eigenvalue weighted by Gasteiger charge is -2.20. The van der Waals surface area contributed by atoms with Gasteiger partial charge in [-0.25, -0.2) is 4.79 Å². The monoisotopic (exact) mass is 594 g/mol. The van der Waals surface area contributed by atoms with E-state index < -0.39 is 23.7 Å². The quantitative estimate of drug-likeness (QED) is 0.296. The molecule has 2 N–H and O–H groups in total. The molecule has 224 valence electrons. The van der Waals surface area contributed by atoms with Gasteiger partial charge in [-0.15, -0.1) is 10.2 Å². The van der Waals surface area contributed by atoms with Crippen molar-refractivity contribution in [3.05, 3.63) is 70.3 Å². The van der Waals surface area contributed by atoms with Gasteiger partial charge in [0.1, 0.15) is 23.2 Å². The van der Waals surface area contributed by atoms with Crippen LogP contribution in [0.5, 0.6) is 5.75 Å². The van der Waals surface area contributed by atoms with Crippen LogP contribution in [0.1, 0.15) is 75.8 Å². The molecule has 0 unspecified atom stereocenters. The van der Waals surface area contributed by atoms with Crippen LogP contribution in [0, 0.1) is 12.8 Å². The number of hydrogen-bond donors (Lipinski definition) is 2. The van der Waals surface area contributed by atoms with Crippen LogP contribution in [-0.2, 0) is 9.53 Å². The Morgan fingerprint density at radius 3 is 2.38 bits per heavy atom. The van der Waals surface area contributed by atoms with Crippen molar-refractivity contribution in [2.24, 2.45) is 10.9 Å². The van der Waals surface area contributed by atoms with Crippen LogP contribution >= 0.6 is 11.6 Å². The van der Waals surface area contributed by atoms with Gasteiger partial charge in [-0.2, -0.15) is 0 Å². The summed E-state index contributed by atoms with van der Waals surface area (Å²) in [6, 6.07) is 12.7. The Balaban J connectivity index is 1.49. The minimum Gasteiger partial charge on any atom is -0.497 e. The third kappa shape index (κ3) is 7.47. The van der Waals surface area contributed by atoms with Crippen molar-refractivity contribution < 1.29 is 19.1 Å². The Hall–Kier alpha value is -3.92. The number of halogens is 1. The smallest absolute Gasteiger partial charge is 0.407 e. The van der Waals surface area contributed by atoms with E-state index in [0.717, 1.165) is 36.1 Å². The van der Waals surface area contributed by atoms with Crippen molar-refractivity contribution in [1.29, 1.82) is 0 Å². The number of aliphatic imine (C=N–C) groups is 1. The first kappa shape index (κ1) is 31.0. The Labute approximate surface area is 251 Å². The lowest BCUT2D eigenvalue weighted by molar-refractivity contribution is -0.125. The summed E-state index contributed by atoms with van der Waals surface area (Å²) in [5.41, 5.74) is 2.76. The fourth-order valence-corrected chi connectivity index (χ4v) is 4.91. The van der Waals surface area contributed by atoms with E-state index in [0.29, 0.717) is 41.2 Å². The zero-order chi connectivity index (χ0) is 30.4. The highest BCUT2D eigenvalue weighted by Gasteiger charge is 2.34. The van der Waals surface area contributed by atoms with Crippen molar-refractivity contribution >= 4 is 29.3 Å². The van der Waals surface area contributed by atoms with Crippen molar-refractivity contribution in [3.63, 3.8) is 0 Å². The topological polar surface area (TPSA) is 120 Å². The summed E-state index contributed by atoms with van der Waals surface area (Å²) in [4.78, 5) is 30.3. The number of nitrogens with zero attached hydrogens (tertiary/aromatic N) is 4. The van der Waals surface area contributed by atoms with Crippen LogP contribution in [0.2, 0.25) is 5.02 Å². The van der Waals surface area contributed by atoms with E-state index in [1.807, 2.05) is 81.7 Å². The summed E-state index contributed by atoms with van der Waals surface area (Å²) in [5.74, 6) is 1.33. The van der Waals surface area contributed by atoms with Crippen LogP contribution in [-0.4, -0.2) is 58.3 Å². The Morgan fingerprint density at radius 1 is 1.02 bits per heavy atom. The normalized spacial score (nSPS) is 15.0. The zero-order valence-electron chi connectivity index (χ0n) is 25.0. The molecule has 2 atom stereocenters. The molecule has 42 heavy (non-hydrogen) atoms. The average Bonchev–Trinajstić information content (AvgIpc) is 3.25. The number of aryl methyl sites for hydroxylation is 1. The van der Waals surface area contributed by atoms with E-state index >= 15 is 0 Å². The van der Waals surface area contributed by atoms with E-state index in [1.165, 1.54) is 0 Å². The van der Waals surface area contributed by atoms with E-state index in [1.54, 1.807) is 7.11 Å². The predicted octanol–water partition coefficient (Wildman–Crippen LogP) is 5.58. The van der Waals surface area contributed by atoms with Gasteiger partial charge in [-0.1, -0.05) is 30.7 Å². The van der Waals surface area contributed by atoms with Crippen LogP contribution in [0.25, 0.3) is 5.69 Å². The number of carbonyl (C=O) groups excluding carboxylic acids is 2. The first-order chi connectivity index (χ1) is 20.0. The Kier molecular flexibility index (Phi) is 9.88. The number of amides is 2. The van der Waals surface area contributed by atoms with Crippen LogP contribution < -0.4 is 15.4 Å². The van der Waals surface area contributed by atoms with Gasteiger partial charge in [0.2, 0.25) is 5.91 Å². The van der Waals surface area contributed by atoms with E-state index in [-0.39, 0.29) is 5.91 Å². The standard InChI is InChI=1S/C31H39ClN6O4/c1-19(29(39)33-16-8-7-9-17-34-30(40)42-31(3,4)5)26-28-37-36-20(2)38(28)25-15-14-23(41-6)18-24(25)27(35-26)21-10-12-22(32)13-11-21/h10-15,18-19,26H,7-9,16-17H2,1-6H3,(H,33,39)(H,34,40)/t19-,26+/m1/s1. The van der Waals surface area contributed by atoms with Gasteiger partial charge in [-0.3, -0.25) is 14.4 Å². The van der Waals surface area contributed by atoms with Gasteiger partial charge in [0, 0.05) is 29.2 Å². The molecule has 0 radical (unpaired) electrons. The average molecular weight is 595 g/mol. The van der Waals surface area contributed by atoms with Gasteiger partial charge < -0.3 is 20.1 Å². The first-order valence-corrected chi connectivity index (χ1v) is 14.6. The number of fused-ring (bicyclic) bond motifs is 3. The first-order valence-electron chi connectivity index (χ1n) is 14.2. The highest BCUT2D eigenvalue weighted by atomic mass is 35.5. The maximum atomic E-state index is 13.4.